The Kier molecular flexibility index (Phi) is 3.63. The van der Waals surface area contributed by atoms with Crippen LogP contribution in [0, 0.1) is 4.77 Å². The summed E-state index contributed by atoms with van der Waals surface area (Å²) < 4.78 is 0.288. The summed E-state index contributed by atoms with van der Waals surface area (Å²) in [6.45, 7) is 1.51. The van der Waals surface area contributed by atoms with E-state index in [0.717, 1.165) is 5.69 Å². The van der Waals surface area contributed by atoms with E-state index in [1.54, 1.807) is 6.07 Å². The van der Waals surface area contributed by atoms with Crippen LogP contribution in [0.4, 0.5) is 0 Å². The minimum atomic E-state index is -0.522. The summed E-state index contributed by atoms with van der Waals surface area (Å²) in [5.41, 5.74) is 1.80. The zero-order valence-corrected chi connectivity index (χ0v) is 12.4. The molecular formula is C14H15N3O4S. The van der Waals surface area contributed by atoms with Gasteiger partial charge in [0.1, 0.15) is 0 Å². The molecule has 0 bridgehead atoms. The molecule has 5 N–H and O–H groups in total. The predicted molar refractivity (Wildman–Crippen MR) is 81.5 cm³/mol. The van der Waals surface area contributed by atoms with E-state index in [4.69, 9.17) is 12.2 Å². The molecule has 0 aliphatic carbocycles. The lowest BCUT2D eigenvalue weighted by Gasteiger charge is -2.28. The second kappa shape index (κ2) is 5.47. The maximum atomic E-state index is 11.8. The van der Waals surface area contributed by atoms with E-state index in [1.165, 1.54) is 6.07 Å². The van der Waals surface area contributed by atoms with E-state index in [2.05, 4.69) is 9.97 Å². The van der Waals surface area contributed by atoms with Crippen LogP contribution in [0.3, 0.4) is 0 Å². The summed E-state index contributed by atoms with van der Waals surface area (Å²) >= 11 is 4.98. The largest absolute Gasteiger partial charge is 0.504 e. The molecule has 1 aliphatic heterocycles. The number of benzene rings is 1. The van der Waals surface area contributed by atoms with Crippen LogP contribution in [0.25, 0.3) is 0 Å². The van der Waals surface area contributed by atoms with Gasteiger partial charge in [0.15, 0.2) is 16.3 Å². The van der Waals surface area contributed by atoms with Crippen molar-refractivity contribution < 1.29 is 15.3 Å². The van der Waals surface area contributed by atoms with E-state index in [-0.39, 0.29) is 21.8 Å². The summed E-state index contributed by atoms with van der Waals surface area (Å²) in [6, 6.07) is 2.89. The van der Waals surface area contributed by atoms with Gasteiger partial charge in [-0.25, -0.2) is 0 Å². The third-order valence-corrected chi connectivity index (χ3v) is 4.00. The van der Waals surface area contributed by atoms with Crippen molar-refractivity contribution in [3.05, 3.63) is 44.1 Å². The number of nitrogens with zero attached hydrogens (tertiary/aromatic N) is 1. The maximum absolute atomic E-state index is 11.8. The number of hydrogen-bond donors (Lipinski definition) is 5. The van der Waals surface area contributed by atoms with Crippen molar-refractivity contribution in [1.82, 2.24) is 14.9 Å². The standard InChI is InChI=1S/C14H15N3O4S/c18-10-2-1-7(11(19)12(10)20)5-17-4-3-8-9(6-17)15-14(22)16-13(8)21/h1-2,18-20H,3-6H2,(H2,15,16,21,22). The number of rotatable bonds is 2. The SMILES string of the molecule is O=c1[nH]c(=S)[nH]c2c1CCN(Cc1ccc(O)c(O)c1O)C2. The zero-order valence-electron chi connectivity index (χ0n) is 11.6. The first-order valence-corrected chi connectivity index (χ1v) is 7.16. The first-order chi connectivity index (χ1) is 10.5. The second-order valence-electron chi connectivity index (χ2n) is 5.27. The van der Waals surface area contributed by atoms with Crippen molar-refractivity contribution in [2.75, 3.05) is 6.54 Å². The highest BCUT2D eigenvalue weighted by molar-refractivity contribution is 7.71. The average Bonchev–Trinajstić information content (AvgIpc) is 2.47. The van der Waals surface area contributed by atoms with E-state index in [0.29, 0.717) is 37.2 Å². The molecule has 22 heavy (non-hydrogen) atoms. The second-order valence-corrected chi connectivity index (χ2v) is 5.68. The Morgan fingerprint density at radius 1 is 1.18 bits per heavy atom. The fourth-order valence-corrected chi connectivity index (χ4v) is 2.86. The summed E-state index contributed by atoms with van der Waals surface area (Å²) in [7, 11) is 0. The molecule has 0 spiro atoms. The topological polar surface area (TPSA) is 113 Å². The summed E-state index contributed by atoms with van der Waals surface area (Å²) in [5, 5.41) is 28.8. The Labute approximate surface area is 130 Å². The van der Waals surface area contributed by atoms with Gasteiger partial charge in [0.25, 0.3) is 5.56 Å². The van der Waals surface area contributed by atoms with Crippen molar-refractivity contribution in [2.24, 2.45) is 0 Å². The lowest BCUT2D eigenvalue weighted by molar-refractivity contribution is 0.236. The van der Waals surface area contributed by atoms with E-state index in [1.807, 2.05) is 4.90 Å². The van der Waals surface area contributed by atoms with Crippen molar-refractivity contribution >= 4 is 12.2 Å². The number of aromatic amines is 2. The van der Waals surface area contributed by atoms with Gasteiger partial charge in [-0.2, -0.15) is 0 Å². The molecule has 8 heteroatoms. The van der Waals surface area contributed by atoms with E-state index < -0.39 is 5.75 Å². The highest BCUT2D eigenvalue weighted by atomic mass is 32.1. The van der Waals surface area contributed by atoms with Gasteiger partial charge in [-0.3, -0.25) is 14.7 Å². The molecule has 0 unspecified atom stereocenters. The van der Waals surface area contributed by atoms with Crippen molar-refractivity contribution in [2.45, 2.75) is 19.5 Å². The third-order valence-electron chi connectivity index (χ3n) is 3.80. The number of aromatic hydroxyl groups is 3. The lowest BCUT2D eigenvalue weighted by Crippen LogP contribution is -2.34. The van der Waals surface area contributed by atoms with E-state index in [9.17, 15) is 20.1 Å². The third kappa shape index (κ3) is 2.58. The maximum Gasteiger partial charge on any atom is 0.255 e. The highest BCUT2D eigenvalue weighted by Crippen LogP contribution is 2.37. The number of phenols is 3. The number of nitrogens with one attached hydrogen (secondary N) is 2. The number of phenolic OH excluding ortho intramolecular Hbond substituents is 3. The normalized spacial score (nSPS) is 14.7. The van der Waals surface area contributed by atoms with Gasteiger partial charge in [0.05, 0.1) is 0 Å². The minimum absolute atomic E-state index is 0.163. The summed E-state index contributed by atoms with van der Waals surface area (Å²) in [5.74, 6) is -1.21. The number of aromatic nitrogens is 2. The fourth-order valence-electron chi connectivity index (χ4n) is 2.65. The molecular weight excluding hydrogens is 306 g/mol. The number of H-pyrrole nitrogens is 2. The zero-order chi connectivity index (χ0) is 15.9. The average molecular weight is 321 g/mol. The molecule has 0 atom stereocenters. The summed E-state index contributed by atoms with van der Waals surface area (Å²) in [4.78, 5) is 19.4. The smallest absolute Gasteiger partial charge is 0.255 e. The molecule has 2 aromatic rings. The van der Waals surface area contributed by atoms with Crippen LogP contribution in [0.5, 0.6) is 17.2 Å². The molecule has 116 valence electrons. The van der Waals surface area contributed by atoms with Crippen molar-refractivity contribution in [3.63, 3.8) is 0 Å². The quantitative estimate of drug-likeness (QED) is 0.418. The van der Waals surface area contributed by atoms with Crippen LogP contribution in [0.1, 0.15) is 16.8 Å². The van der Waals surface area contributed by atoms with Gasteiger partial charge in [0, 0.05) is 36.5 Å². The van der Waals surface area contributed by atoms with Gasteiger partial charge >= 0.3 is 0 Å². The van der Waals surface area contributed by atoms with Crippen LogP contribution >= 0.6 is 12.2 Å². The number of fused-ring (bicyclic) bond motifs is 1. The van der Waals surface area contributed by atoms with Gasteiger partial charge in [-0.15, -0.1) is 0 Å². The van der Waals surface area contributed by atoms with Gasteiger partial charge in [-0.05, 0) is 24.7 Å². The molecule has 1 aromatic carbocycles. The molecule has 2 heterocycles. The highest BCUT2D eigenvalue weighted by Gasteiger charge is 2.21. The monoisotopic (exact) mass is 321 g/mol. The molecule has 3 rings (SSSR count). The van der Waals surface area contributed by atoms with E-state index >= 15 is 0 Å². The van der Waals surface area contributed by atoms with Gasteiger partial charge < -0.3 is 20.3 Å². The summed E-state index contributed by atoms with van der Waals surface area (Å²) in [6.07, 6.45) is 0.571. The Hall–Kier alpha value is -2.32. The molecule has 0 saturated heterocycles. The first-order valence-electron chi connectivity index (χ1n) is 6.75. The van der Waals surface area contributed by atoms with Crippen LogP contribution < -0.4 is 5.56 Å². The Morgan fingerprint density at radius 3 is 2.73 bits per heavy atom. The Bertz CT molecular complexity index is 843. The first kappa shape index (κ1) is 14.6. The molecule has 0 fully saturated rings. The molecule has 1 aromatic heterocycles. The number of hydrogen-bond acceptors (Lipinski definition) is 6. The van der Waals surface area contributed by atoms with Gasteiger partial charge in [-0.1, -0.05) is 6.07 Å². The van der Waals surface area contributed by atoms with Crippen LogP contribution in [0.2, 0.25) is 0 Å². The van der Waals surface area contributed by atoms with Crippen LogP contribution in [-0.2, 0) is 19.5 Å². The minimum Gasteiger partial charge on any atom is -0.504 e. The van der Waals surface area contributed by atoms with Crippen molar-refractivity contribution in [3.8, 4) is 17.2 Å². The molecule has 7 nitrogen and oxygen atoms in total. The lowest BCUT2D eigenvalue weighted by atomic mass is 10.1. The Morgan fingerprint density at radius 2 is 1.95 bits per heavy atom. The molecule has 0 radical (unpaired) electrons. The molecule has 1 aliphatic rings. The van der Waals surface area contributed by atoms with Crippen molar-refractivity contribution in [1.29, 1.82) is 0 Å². The van der Waals surface area contributed by atoms with Gasteiger partial charge in [0.2, 0.25) is 5.75 Å². The fraction of sp³-hybridized carbons (Fsp3) is 0.286. The molecule has 0 saturated carbocycles. The molecule has 0 amide bonds. The predicted octanol–water partition coefficient (Wildman–Crippen LogP) is 1.11. The Balaban J connectivity index is 1.86. The van der Waals surface area contributed by atoms with Crippen LogP contribution in [0.15, 0.2) is 16.9 Å². The van der Waals surface area contributed by atoms with Crippen LogP contribution in [-0.4, -0.2) is 36.7 Å².